The van der Waals surface area contributed by atoms with Crippen LogP contribution in [0, 0.1) is 12.8 Å². The Morgan fingerprint density at radius 2 is 2.06 bits per heavy atom. The van der Waals surface area contributed by atoms with Crippen LogP contribution < -0.4 is 5.32 Å². The summed E-state index contributed by atoms with van der Waals surface area (Å²) in [4.78, 5) is 2.47. The van der Waals surface area contributed by atoms with Crippen LogP contribution in [0.1, 0.15) is 44.8 Å². The Morgan fingerprint density at radius 1 is 1.33 bits per heavy atom. The van der Waals surface area contributed by atoms with Crippen LogP contribution in [0.15, 0.2) is 10.5 Å². The minimum Gasteiger partial charge on any atom is -0.465 e. The van der Waals surface area contributed by atoms with Gasteiger partial charge in [-0.15, -0.1) is 0 Å². The lowest BCUT2D eigenvalue weighted by Gasteiger charge is -2.22. The Kier molecular flexibility index (Phi) is 6.44. The number of rotatable bonds is 8. The Labute approximate surface area is 112 Å². The molecule has 0 atom stereocenters. The molecule has 0 radical (unpaired) electrons. The zero-order valence-electron chi connectivity index (χ0n) is 12.5. The van der Waals surface area contributed by atoms with E-state index in [0.717, 1.165) is 44.2 Å². The molecule has 0 spiro atoms. The van der Waals surface area contributed by atoms with Crippen molar-refractivity contribution in [2.75, 3.05) is 19.6 Å². The molecule has 0 saturated carbocycles. The fourth-order valence-electron chi connectivity index (χ4n) is 2.14. The molecular formula is C15H28N2O. The number of hydrogen-bond acceptors (Lipinski definition) is 3. The van der Waals surface area contributed by atoms with Gasteiger partial charge in [-0.25, -0.2) is 0 Å². The largest absolute Gasteiger partial charge is 0.465 e. The molecule has 1 rings (SSSR count). The van der Waals surface area contributed by atoms with Crippen molar-refractivity contribution in [1.29, 1.82) is 0 Å². The molecule has 0 aliphatic heterocycles. The first-order valence-electron chi connectivity index (χ1n) is 7.08. The SMILES string of the molecule is CCNCc1cc(CN(CC)CC(C)C)c(C)o1. The molecule has 1 aromatic heterocycles. The molecule has 0 bridgehead atoms. The van der Waals surface area contributed by atoms with Crippen molar-refractivity contribution in [3.8, 4) is 0 Å². The molecule has 0 unspecified atom stereocenters. The normalized spacial score (nSPS) is 11.7. The lowest BCUT2D eigenvalue weighted by molar-refractivity contribution is 0.247. The molecule has 3 nitrogen and oxygen atoms in total. The van der Waals surface area contributed by atoms with Crippen LogP contribution in [0.25, 0.3) is 0 Å². The van der Waals surface area contributed by atoms with Crippen molar-refractivity contribution in [2.45, 2.75) is 47.7 Å². The monoisotopic (exact) mass is 252 g/mol. The van der Waals surface area contributed by atoms with Crippen molar-refractivity contribution in [3.05, 3.63) is 23.2 Å². The smallest absolute Gasteiger partial charge is 0.118 e. The van der Waals surface area contributed by atoms with Gasteiger partial charge in [0.05, 0.1) is 6.54 Å². The Balaban J connectivity index is 2.62. The van der Waals surface area contributed by atoms with E-state index in [2.05, 4.69) is 50.9 Å². The minimum absolute atomic E-state index is 0.707. The van der Waals surface area contributed by atoms with E-state index in [1.165, 1.54) is 5.56 Å². The van der Waals surface area contributed by atoms with E-state index in [4.69, 9.17) is 4.42 Å². The zero-order chi connectivity index (χ0) is 13.5. The number of nitrogens with one attached hydrogen (secondary N) is 1. The third kappa shape index (κ3) is 4.83. The Bertz CT molecular complexity index is 344. The quantitative estimate of drug-likeness (QED) is 0.770. The fourth-order valence-corrected chi connectivity index (χ4v) is 2.14. The van der Waals surface area contributed by atoms with Gasteiger partial charge in [0.25, 0.3) is 0 Å². The summed E-state index contributed by atoms with van der Waals surface area (Å²) in [7, 11) is 0. The van der Waals surface area contributed by atoms with Crippen LogP contribution in [0.4, 0.5) is 0 Å². The Morgan fingerprint density at radius 3 is 2.61 bits per heavy atom. The Hall–Kier alpha value is -0.800. The summed E-state index contributed by atoms with van der Waals surface area (Å²) in [6.07, 6.45) is 0. The predicted molar refractivity (Wildman–Crippen MR) is 76.6 cm³/mol. The van der Waals surface area contributed by atoms with Gasteiger partial charge in [-0.05, 0) is 32.0 Å². The highest BCUT2D eigenvalue weighted by Gasteiger charge is 2.11. The molecule has 1 heterocycles. The fraction of sp³-hybridized carbons (Fsp3) is 0.733. The molecule has 0 aromatic carbocycles. The molecule has 1 aromatic rings. The van der Waals surface area contributed by atoms with Gasteiger partial charge >= 0.3 is 0 Å². The summed E-state index contributed by atoms with van der Waals surface area (Å²) in [5.41, 5.74) is 1.32. The molecule has 3 heteroatoms. The maximum Gasteiger partial charge on any atom is 0.118 e. The molecule has 0 amide bonds. The third-order valence-corrected chi connectivity index (χ3v) is 3.09. The van der Waals surface area contributed by atoms with E-state index in [1.807, 2.05) is 0 Å². The first kappa shape index (κ1) is 15.3. The standard InChI is InChI=1S/C15H28N2O/c1-6-16-9-15-8-14(13(5)18-15)11-17(7-2)10-12(3)4/h8,12,16H,6-7,9-11H2,1-5H3. The molecule has 104 valence electrons. The van der Waals surface area contributed by atoms with Crippen LogP contribution in [-0.2, 0) is 13.1 Å². The molecule has 0 fully saturated rings. The second-order valence-electron chi connectivity index (χ2n) is 5.30. The van der Waals surface area contributed by atoms with Crippen LogP contribution in [-0.4, -0.2) is 24.5 Å². The van der Waals surface area contributed by atoms with Gasteiger partial charge in [-0.1, -0.05) is 27.7 Å². The average molecular weight is 252 g/mol. The lowest BCUT2D eigenvalue weighted by atomic mass is 10.1. The van der Waals surface area contributed by atoms with Crippen molar-refractivity contribution >= 4 is 0 Å². The summed E-state index contributed by atoms with van der Waals surface area (Å²) < 4.78 is 5.78. The molecule has 0 aliphatic carbocycles. The predicted octanol–water partition coefficient (Wildman–Crippen LogP) is 3.18. The van der Waals surface area contributed by atoms with Gasteiger partial charge in [0.2, 0.25) is 0 Å². The second-order valence-corrected chi connectivity index (χ2v) is 5.30. The van der Waals surface area contributed by atoms with Crippen molar-refractivity contribution in [3.63, 3.8) is 0 Å². The van der Waals surface area contributed by atoms with Gasteiger partial charge in [0.1, 0.15) is 11.5 Å². The lowest BCUT2D eigenvalue weighted by Crippen LogP contribution is -2.27. The number of hydrogen-bond donors (Lipinski definition) is 1. The third-order valence-electron chi connectivity index (χ3n) is 3.09. The van der Waals surface area contributed by atoms with Gasteiger partial charge in [-0.3, -0.25) is 4.90 Å². The van der Waals surface area contributed by atoms with Crippen LogP contribution in [0.3, 0.4) is 0 Å². The maximum absolute atomic E-state index is 5.78. The van der Waals surface area contributed by atoms with Crippen LogP contribution >= 0.6 is 0 Å². The highest BCUT2D eigenvalue weighted by atomic mass is 16.3. The highest BCUT2D eigenvalue weighted by Crippen LogP contribution is 2.17. The topological polar surface area (TPSA) is 28.4 Å². The summed E-state index contributed by atoms with van der Waals surface area (Å²) in [5, 5.41) is 3.30. The van der Waals surface area contributed by atoms with Gasteiger partial charge in [-0.2, -0.15) is 0 Å². The van der Waals surface area contributed by atoms with Crippen molar-refractivity contribution in [1.82, 2.24) is 10.2 Å². The highest BCUT2D eigenvalue weighted by molar-refractivity contribution is 5.20. The number of nitrogens with zero attached hydrogens (tertiary/aromatic N) is 1. The van der Waals surface area contributed by atoms with Gasteiger partial charge in [0.15, 0.2) is 0 Å². The van der Waals surface area contributed by atoms with Crippen LogP contribution in [0.2, 0.25) is 0 Å². The van der Waals surface area contributed by atoms with E-state index in [1.54, 1.807) is 0 Å². The van der Waals surface area contributed by atoms with E-state index in [0.29, 0.717) is 5.92 Å². The summed E-state index contributed by atoms with van der Waals surface area (Å²) in [5.74, 6) is 2.81. The first-order chi connectivity index (χ1) is 8.56. The average Bonchev–Trinajstić information content (AvgIpc) is 2.66. The molecule has 0 saturated heterocycles. The van der Waals surface area contributed by atoms with Crippen LogP contribution in [0.5, 0.6) is 0 Å². The van der Waals surface area contributed by atoms with Crippen molar-refractivity contribution in [2.24, 2.45) is 5.92 Å². The van der Waals surface area contributed by atoms with Gasteiger partial charge < -0.3 is 9.73 Å². The zero-order valence-corrected chi connectivity index (χ0v) is 12.5. The maximum atomic E-state index is 5.78. The molecule has 0 aliphatic rings. The summed E-state index contributed by atoms with van der Waals surface area (Å²) >= 11 is 0. The number of furan rings is 1. The number of aryl methyl sites for hydroxylation is 1. The molecular weight excluding hydrogens is 224 g/mol. The second kappa shape index (κ2) is 7.59. The van der Waals surface area contributed by atoms with E-state index < -0.39 is 0 Å². The van der Waals surface area contributed by atoms with E-state index in [9.17, 15) is 0 Å². The van der Waals surface area contributed by atoms with Crippen molar-refractivity contribution < 1.29 is 4.42 Å². The van der Waals surface area contributed by atoms with E-state index in [-0.39, 0.29) is 0 Å². The van der Waals surface area contributed by atoms with Gasteiger partial charge in [0, 0.05) is 18.7 Å². The summed E-state index contributed by atoms with van der Waals surface area (Å²) in [6.45, 7) is 16.0. The first-order valence-corrected chi connectivity index (χ1v) is 7.08. The van der Waals surface area contributed by atoms with E-state index >= 15 is 0 Å². The minimum atomic E-state index is 0.707. The molecule has 18 heavy (non-hydrogen) atoms. The molecule has 1 N–H and O–H groups in total. The summed E-state index contributed by atoms with van der Waals surface area (Å²) in [6, 6.07) is 2.20.